The fourth-order valence-corrected chi connectivity index (χ4v) is 2.95. The van der Waals surface area contributed by atoms with Crippen molar-refractivity contribution in [2.24, 2.45) is 0 Å². The van der Waals surface area contributed by atoms with Crippen LogP contribution in [0.3, 0.4) is 0 Å². The third-order valence-corrected chi connectivity index (χ3v) is 4.26. The Labute approximate surface area is 142 Å². The molecular weight excluding hydrogens is 330 g/mol. The van der Waals surface area contributed by atoms with E-state index < -0.39 is 5.97 Å². The molecule has 3 heterocycles. The quantitative estimate of drug-likeness (QED) is 0.634. The van der Waals surface area contributed by atoms with Gasteiger partial charge in [0.05, 0.1) is 25.1 Å². The highest BCUT2D eigenvalue weighted by molar-refractivity contribution is 7.13. The molecule has 0 saturated carbocycles. The zero-order valence-electron chi connectivity index (χ0n) is 13.6. The van der Waals surface area contributed by atoms with Crippen LogP contribution in [0.15, 0.2) is 32.4 Å². The van der Waals surface area contributed by atoms with E-state index in [2.05, 4.69) is 10.2 Å². The second kappa shape index (κ2) is 6.98. The Kier molecular flexibility index (Phi) is 4.77. The number of aromatic nitrogens is 2. The van der Waals surface area contributed by atoms with Crippen molar-refractivity contribution < 1.29 is 18.4 Å². The lowest BCUT2D eigenvalue weighted by atomic mass is 10.2. The number of carbonyl (C=O) groups is 1. The Bertz CT molecular complexity index is 822. The number of aryl methyl sites for hydroxylation is 1. The summed E-state index contributed by atoms with van der Waals surface area (Å²) in [5.41, 5.74) is 0.443. The maximum atomic E-state index is 11.6. The zero-order valence-corrected chi connectivity index (χ0v) is 14.4. The van der Waals surface area contributed by atoms with Gasteiger partial charge in [-0.1, -0.05) is 6.07 Å². The third-order valence-electron chi connectivity index (χ3n) is 3.40. The Morgan fingerprint density at radius 1 is 1.33 bits per heavy atom. The maximum absolute atomic E-state index is 11.6. The Hall–Kier alpha value is -2.45. The van der Waals surface area contributed by atoms with Crippen LogP contribution >= 0.6 is 11.3 Å². The average molecular weight is 347 g/mol. The van der Waals surface area contributed by atoms with Gasteiger partial charge in [-0.05, 0) is 31.5 Å². The topological polar surface area (TPSA) is 81.6 Å². The molecule has 7 nitrogen and oxygen atoms in total. The summed E-state index contributed by atoms with van der Waals surface area (Å²) in [6.45, 7) is 2.72. The molecule has 0 saturated heterocycles. The molecule has 0 aliphatic rings. The summed E-state index contributed by atoms with van der Waals surface area (Å²) in [6.07, 6.45) is 0. The highest BCUT2D eigenvalue weighted by atomic mass is 32.1. The number of rotatable bonds is 6. The molecule has 0 fully saturated rings. The molecule has 0 aliphatic heterocycles. The summed E-state index contributed by atoms with van der Waals surface area (Å²) in [5, 5.41) is 10.1. The number of esters is 1. The van der Waals surface area contributed by atoms with Crippen molar-refractivity contribution in [3.8, 4) is 10.8 Å². The highest BCUT2D eigenvalue weighted by Crippen LogP contribution is 2.23. The second-order valence-corrected chi connectivity index (χ2v) is 6.27. The van der Waals surface area contributed by atoms with Gasteiger partial charge in [-0.3, -0.25) is 4.90 Å². The van der Waals surface area contributed by atoms with E-state index in [9.17, 15) is 4.79 Å². The number of nitrogens with zero attached hydrogens (tertiary/aromatic N) is 3. The number of carbonyl (C=O) groups excluding carboxylic acids is 1. The number of thiophene rings is 1. The molecule has 3 aromatic heterocycles. The van der Waals surface area contributed by atoms with E-state index in [1.165, 1.54) is 7.11 Å². The van der Waals surface area contributed by atoms with Crippen LogP contribution in [-0.4, -0.2) is 35.2 Å². The minimum Gasteiger partial charge on any atom is -0.465 e. The Balaban J connectivity index is 1.64. The molecule has 0 spiro atoms. The van der Waals surface area contributed by atoms with Gasteiger partial charge in [0.15, 0.2) is 0 Å². The lowest BCUT2D eigenvalue weighted by Gasteiger charge is -2.11. The van der Waals surface area contributed by atoms with Crippen molar-refractivity contribution in [1.29, 1.82) is 0 Å². The van der Waals surface area contributed by atoms with Gasteiger partial charge < -0.3 is 13.6 Å². The lowest BCUT2D eigenvalue weighted by Crippen LogP contribution is -2.17. The summed E-state index contributed by atoms with van der Waals surface area (Å²) >= 11 is 1.55. The molecule has 8 heteroatoms. The van der Waals surface area contributed by atoms with Crippen molar-refractivity contribution >= 4 is 17.3 Å². The first-order valence-electron chi connectivity index (χ1n) is 7.29. The monoisotopic (exact) mass is 347 g/mol. The largest absolute Gasteiger partial charge is 0.465 e. The number of hydrogen-bond donors (Lipinski definition) is 0. The first-order valence-corrected chi connectivity index (χ1v) is 8.17. The van der Waals surface area contributed by atoms with E-state index in [0.717, 1.165) is 4.88 Å². The SMILES string of the molecule is COC(=O)c1cc(CN(C)Cc2nnc(-c3cccs3)o2)oc1C. The smallest absolute Gasteiger partial charge is 0.341 e. The van der Waals surface area contributed by atoms with Gasteiger partial charge in [0.25, 0.3) is 5.89 Å². The molecule has 3 aromatic rings. The number of furan rings is 1. The van der Waals surface area contributed by atoms with Gasteiger partial charge in [0.2, 0.25) is 5.89 Å². The van der Waals surface area contributed by atoms with Crippen LogP contribution in [-0.2, 0) is 17.8 Å². The molecule has 24 heavy (non-hydrogen) atoms. The van der Waals surface area contributed by atoms with Crippen LogP contribution in [0.5, 0.6) is 0 Å². The summed E-state index contributed by atoms with van der Waals surface area (Å²) in [4.78, 5) is 14.5. The van der Waals surface area contributed by atoms with Gasteiger partial charge in [-0.15, -0.1) is 21.5 Å². The van der Waals surface area contributed by atoms with Crippen LogP contribution in [0.2, 0.25) is 0 Å². The lowest BCUT2D eigenvalue weighted by molar-refractivity contribution is 0.0599. The molecule has 0 unspecified atom stereocenters. The van der Waals surface area contributed by atoms with Crippen molar-refractivity contribution in [3.05, 3.63) is 46.6 Å². The summed E-state index contributed by atoms with van der Waals surface area (Å²) < 4.78 is 16.0. The molecule has 0 amide bonds. The van der Waals surface area contributed by atoms with Crippen molar-refractivity contribution in [1.82, 2.24) is 15.1 Å². The van der Waals surface area contributed by atoms with Crippen LogP contribution in [0.1, 0.15) is 27.8 Å². The maximum Gasteiger partial charge on any atom is 0.341 e. The van der Waals surface area contributed by atoms with Gasteiger partial charge in [0, 0.05) is 0 Å². The molecule has 0 bridgehead atoms. The fourth-order valence-electron chi connectivity index (χ4n) is 2.30. The van der Waals surface area contributed by atoms with E-state index in [1.54, 1.807) is 24.3 Å². The minimum atomic E-state index is -0.400. The number of ether oxygens (including phenoxy) is 1. The van der Waals surface area contributed by atoms with Crippen molar-refractivity contribution in [3.63, 3.8) is 0 Å². The molecule has 126 valence electrons. The first kappa shape index (κ1) is 16.4. The average Bonchev–Trinajstić information content (AvgIpc) is 3.27. The van der Waals surface area contributed by atoms with Crippen LogP contribution < -0.4 is 0 Å². The molecule has 3 rings (SSSR count). The number of hydrogen-bond acceptors (Lipinski definition) is 8. The summed E-state index contributed by atoms with van der Waals surface area (Å²) in [7, 11) is 3.26. The summed E-state index contributed by atoms with van der Waals surface area (Å²) in [5.74, 6) is 1.87. The molecule has 0 aromatic carbocycles. The van der Waals surface area contributed by atoms with Crippen LogP contribution in [0, 0.1) is 6.92 Å². The fraction of sp³-hybridized carbons (Fsp3) is 0.312. The highest BCUT2D eigenvalue weighted by Gasteiger charge is 2.17. The number of methoxy groups -OCH3 is 1. The van der Waals surface area contributed by atoms with Gasteiger partial charge in [-0.25, -0.2) is 4.79 Å². The summed E-state index contributed by atoms with van der Waals surface area (Å²) in [6, 6.07) is 5.57. The Morgan fingerprint density at radius 2 is 2.17 bits per heavy atom. The molecule has 0 radical (unpaired) electrons. The van der Waals surface area contributed by atoms with Gasteiger partial charge >= 0.3 is 5.97 Å². The van der Waals surface area contributed by atoms with E-state index in [-0.39, 0.29) is 0 Å². The minimum absolute atomic E-state index is 0.400. The molecule has 0 aliphatic carbocycles. The van der Waals surface area contributed by atoms with Crippen molar-refractivity contribution in [2.45, 2.75) is 20.0 Å². The van der Waals surface area contributed by atoms with Crippen LogP contribution in [0.4, 0.5) is 0 Å². The van der Waals surface area contributed by atoms with E-state index >= 15 is 0 Å². The predicted molar refractivity (Wildman–Crippen MR) is 87.6 cm³/mol. The Morgan fingerprint density at radius 3 is 2.88 bits per heavy atom. The molecular formula is C16H17N3O4S. The predicted octanol–water partition coefficient (Wildman–Crippen LogP) is 3.12. The van der Waals surface area contributed by atoms with E-state index in [4.69, 9.17) is 13.6 Å². The van der Waals surface area contributed by atoms with Gasteiger partial charge in [-0.2, -0.15) is 0 Å². The van der Waals surface area contributed by atoms with Crippen molar-refractivity contribution in [2.75, 3.05) is 14.2 Å². The standard InChI is InChI=1S/C16H17N3O4S/c1-10-12(16(20)21-3)7-11(22-10)8-19(2)9-14-17-18-15(23-14)13-5-4-6-24-13/h4-7H,8-9H2,1-3H3. The normalized spacial score (nSPS) is 11.2. The second-order valence-electron chi connectivity index (χ2n) is 5.32. The van der Waals surface area contributed by atoms with E-state index in [0.29, 0.717) is 42.0 Å². The molecule has 0 atom stereocenters. The molecule has 0 N–H and O–H groups in total. The first-order chi connectivity index (χ1) is 11.6. The van der Waals surface area contributed by atoms with E-state index in [1.807, 2.05) is 29.5 Å². The third kappa shape index (κ3) is 3.55. The zero-order chi connectivity index (χ0) is 17.1. The van der Waals surface area contributed by atoms with Gasteiger partial charge in [0.1, 0.15) is 17.1 Å². The van der Waals surface area contributed by atoms with Crippen LogP contribution in [0.25, 0.3) is 10.8 Å².